The Bertz CT molecular complexity index is 1400. The van der Waals surface area contributed by atoms with Crippen LogP contribution in [0.2, 0.25) is 5.02 Å². The normalized spacial score (nSPS) is 11.6. The van der Waals surface area contributed by atoms with Gasteiger partial charge in [-0.05, 0) is 85.8 Å². The summed E-state index contributed by atoms with van der Waals surface area (Å²) in [4.78, 5) is 16.5. The zero-order valence-electron chi connectivity index (χ0n) is 18.5. The van der Waals surface area contributed by atoms with Crippen LogP contribution in [0, 0.1) is 19.7 Å². The van der Waals surface area contributed by atoms with E-state index < -0.39 is 5.97 Å². The Labute approximate surface area is 204 Å². The van der Waals surface area contributed by atoms with Crippen LogP contribution in [0.5, 0.6) is 5.75 Å². The van der Waals surface area contributed by atoms with Gasteiger partial charge in [-0.25, -0.2) is 14.2 Å². The molecule has 10 heteroatoms. The molecule has 0 saturated carbocycles. The van der Waals surface area contributed by atoms with Crippen molar-refractivity contribution < 1.29 is 19.0 Å². The van der Waals surface area contributed by atoms with E-state index >= 15 is 0 Å². The Morgan fingerprint density at radius 2 is 1.94 bits per heavy atom. The number of benzene rings is 2. The second-order valence-electron chi connectivity index (χ2n) is 7.37. The summed E-state index contributed by atoms with van der Waals surface area (Å²) in [6.07, 6.45) is 1.57. The maximum absolute atomic E-state index is 13.3. The second-order valence-corrected chi connectivity index (χ2v) is 8.81. The fourth-order valence-electron chi connectivity index (χ4n) is 3.57. The predicted octanol–water partition coefficient (Wildman–Crippen LogP) is 5.90. The Kier molecular flexibility index (Phi) is 6.76. The lowest BCUT2D eigenvalue weighted by atomic mass is 10.2. The SMILES string of the molecule is COc1ccc(Cl)cc1-c1nc(S/C(=C\c2cc(C)n(-c3ccc(F)cc3)c2C)C(=O)O)n[nH]1. The van der Waals surface area contributed by atoms with Crippen LogP contribution in [0.25, 0.3) is 23.2 Å². The highest BCUT2D eigenvalue weighted by Gasteiger charge is 2.18. The number of carboxylic acids is 1. The number of aromatic amines is 1. The first kappa shape index (κ1) is 23.6. The third-order valence-corrected chi connectivity index (χ3v) is 6.25. The average Bonchev–Trinajstić information content (AvgIpc) is 3.38. The van der Waals surface area contributed by atoms with Gasteiger partial charge in [0.25, 0.3) is 0 Å². The molecule has 4 rings (SSSR count). The monoisotopic (exact) mass is 498 g/mol. The molecule has 2 aromatic heterocycles. The Hall–Kier alpha value is -3.56. The van der Waals surface area contributed by atoms with Crippen molar-refractivity contribution in [3.05, 3.63) is 81.2 Å². The molecule has 2 N–H and O–H groups in total. The molecule has 0 unspecified atom stereocenters. The second kappa shape index (κ2) is 9.74. The van der Waals surface area contributed by atoms with Crippen molar-refractivity contribution in [3.63, 3.8) is 0 Å². The number of halogens is 2. The van der Waals surface area contributed by atoms with E-state index in [0.717, 1.165) is 34.4 Å². The molecule has 0 aliphatic carbocycles. The summed E-state index contributed by atoms with van der Waals surface area (Å²) in [6, 6.07) is 13.1. The van der Waals surface area contributed by atoms with E-state index in [1.165, 1.54) is 19.2 Å². The summed E-state index contributed by atoms with van der Waals surface area (Å²) in [5.41, 5.74) is 3.83. The number of carboxylic acid groups (broad SMARTS) is 1. The standard InChI is InChI=1S/C24H20ClFN4O3S/c1-13-10-15(14(2)30(13)18-7-5-17(26)6-8-18)11-21(23(31)32)34-24-27-22(28-29-24)19-12-16(25)4-9-20(19)33-3/h4-12H,1-3H3,(H,31,32)(H,27,28,29)/b21-11-. The molecule has 0 spiro atoms. The van der Waals surface area contributed by atoms with Crippen LogP contribution in [0.3, 0.4) is 0 Å². The van der Waals surface area contributed by atoms with Crippen LogP contribution >= 0.6 is 23.4 Å². The highest BCUT2D eigenvalue weighted by atomic mass is 35.5. The zero-order chi connectivity index (χ0) is 24.4. The first-order valence-corrected chi connectivity index (χ1v) is 11.3. The number of thioether (sulfide) groups is 1. The predicted molar refractivity (Wildman–Crippen MR) is 130 cm³/mol. The molecular formula is C24H20ClFN4O3S. The molecule has 2 heterocycles. The third-order valence-electron chi connectivity index (χ3n) is 5.14. The lowest BCUT2D eigenvalue weighted by Gasteiger charge is -2.09. The Balaban J connectivity index is 1.66. The van der Waals surface area contributed by atoms with Crippen molar-refractivity contribution in [1.82, 2.24) is 19.7 Å². The van der Waals surface area contributed by atoms with E-state index in [9.17, 15) is 14.3 Å². The number of aliphatic carboxylic acids is 1. The number of rotatable bonds is 7. The number of H-pyrrole nitrogens is 1. The number of ether oxygens (including phenoxy) is 1. The number of carbonyl (C=O) groups is 1. The summed E-state index contributed by atoms with van der Waals surface area (Å²) in [5.74, 6) is -0.471. The average molecular weight is 499 g/mol. The molecule has 0 saturated heterocycles. The molecule has 0 radical (unpaired) electrons. The van der Waals surface area contributed by atoms with Crippen LogP contribution < -0.4 is 4.74 Å². The maximum atomic E-state index is 13.3. The van der Waals surface area contributed by atoms with Gasteiger partial charge in [-0.1, -0.05) is 11.6 Å². The van der Waals surface area contributed by atoms with E-state index in [0.29, 0.717) is 22.2 Å². The van der Waals surface area contributed by atoms with Crippen LogP contribution in [-0.2, 0) is 4.79 Å². The van der Waals surface area contributed by atoms with E-state index in [1.54, 1.807) is 36.4 Å². The molecule has 0 amide bonds. The minimum Gasteiger partial charge on any atom is -0.496 e. The molecule has 0 aliphatic rings. The van der Waals surface area contributed by atoms with Crippen LogP contribution in [0.4, 0.5) is 4.39 Å². The molecule has 0 bridgehead atoms. The van der Waals surface area contributed by atoms with Gasteiger partial charge in [0.15, 0.2) is 5.82 Å². The van der Waals surface area contributed by atoms with Gasteiger partial charge in [-0.3, -0.25) is 5.10 Å². The molecule has 7 nitrogen and oxygen atoms in total. The summed E-state index contributed by atoms with van der Waals surface area (Å²) in [5, 5.41) is 17.5. The van der Waals surface area contributed by atoms with Gasteiger partial charge in [0.1, 0.15) is 16.5 Å². The van der Waals surface area contributed by atoms with Gasteiger partial charge in [-0.15, -0.1) is 5.10 Å². The van der Waals surface area contributed by atoms with Crippen molar-refractivity contribution >= 4 is 35.4 Å². The summed E-state index contributed by atoms with van der Waals surface area (Å²) >= 11 is 7.02. The molecule has 0 aliphatic heterocycles. The largest absolute Gasteiger partial charge is 0.496 e. The van der Waals surface area contributed by atoms with E-state index in [1.807, 2.05) is 24.5 Å². The number of aromatic nitrogens is 4. The van der Waals surface area contributed by atoms with Gasteiger partial charge < -0.3 is 14.4 Å². The first-order chi connectivity index (χ1) is 16.3. The van der Waals surface area contributed by atoms with Crippen LogP contribution in [0.1, 0.15) is 17.0 Å². The molecule has 0 atom stereocenters. The lowest BCUT2D eigenvalue weighted by Crippen LogP contribution is -2.00. The zero-order valence-corrected chi connectivity index (χ0v) is 20.0. The molecular weight excluding hydrogens is 479 g/mol. The fourth-order valence-corrected chi connectivity index (χ4v) is 4.44. The molecule has 174 valence electrons. The van der Waals surface area contributed by atoms with Gasteiger partial charge in [-0.2, -0.15) is 0 Å². The number of aryl methyl sites for hydroxylation is 1. The quantitative estimate of drug-likeness (QED) is 0.243. The first-order valence-electron chi connectivity index (χ1n) is 10.1. The van der Waals surface area contributed by atoms with Crippen LogP contribution in [0.15, 0.2) is 58.6 Å². The Morgan fingerprint density at radius 3 is 2.62 bits per heavy atom. The minimum atomic E-state index is -1.11. The smallest absolute Gasteiger partial charge is 0.342 e. The third kappa shape index (κ3) is 4.85. The van der Waals surface area contributed by atoms with Gasteiger partial charge >= 0.3 is 5.97 Å². The van der Waals surface area contributed by atoms with Crippen molar-refractivity contribution in [2.24, 2.45) is 0 Å². The number of hydrogen-bond acceptors (Lipinski definition) is 5. The lowest BCUT2D eigenvalue weighted by molar-refractivity contribution is -0.131. The Morgan fingerprint density at radius 1 is 1.21 bits per heavy atom. The van der Waals surface area contributed by atoms with Crippen molar-refractivity contribution in [2.75, 3.05) is 7.11 Å². The number of hydrogen-bond donors (Lipinski definition) is 2. The molecule has 2 aromatic carbocycles. The van der Waals surface area contributed by atoms with Gasteiger partial charge in [0.05, 0.1) is 12.7 Å². The molecule has 4 aromatic rings. The summed E-state index contributed by atoms with van der Waals surface area (Å²) in [7, 11) is 1.53. The van der Waals surface area contributed by atoms with Crippen molar-refractivity contribution in [1.29, 1.82) is 0 Å². The summed E-state index contributed by atoms with van der Waals surface area (Å²) < 4.78 is 20.6. The fraction of sp³-hybridized carbons (Fsp3) is 0.125. The number of methoxy groups -OCH3 is 1. The highest BCUT2D eigenvalue weighted by Crippen LogP contribution is 2.33. The highest BCUT2D eigenvalue weighted by molar-refractivity contribution is 8.04. The van der Waals surface area contributed by atoms with Gasteiger partial charge in [0.2, 0.25) is 5.16 Å². The maximum Gasteiger partial charge on any atom is 0.342 e. The minimum absolute atomic E-state index is 0.0444. The van der Waals surface area contributed by atoms with E-state index in [2.05, 4.69) is 15.2 Å². The topological polar surface area (TPSA) is 93.0 Å². The summed E-state index contributed by atoms with van der Waals surface area (Å²) in [6.45, 7) is 3.78. The van der Waals surface area contributed by atoms with Crippen LogP contribution in [-0.4, -0.2) is 37.9 Å². The number of nitrogens with one attached hydrogen (secondary N) is 1. The van der Waals surface area contributed by atoms with Crippen molar-refractivity contribution in [3.8, 4) is 22.8 Å². The molecule has 34 heavy (non-hydrogen) atoms. The van der Waals surface area contributed by atoms with Gasteiger partial charge in [0, 0.05) is 22.1 Å². The van der Waals surface area contributed by atoms with E-state index in [4.69, 9.17) is 16.3 Å². The van der Waals surface area contributed by atoms with E-state index in [-0.39, 0.29) is 15.9 Å². The number of nitrogens with zero attached hydrogens (tertiary/aromatic N) is 3. The van der Waals surface area contributed by atoms with Crippen molar-refractivity contribution in [2.45, 2.75) is 19.0 Å². The molecule has 0 fully saturated rings.